The van der Waals surface area contributed by atoms with Crippen LogP contribution >= 0.6 is 0 Å². The molecule has 1 saturated heterocycles. The Morgan fingerprint density at radius 1 is 1.08 bits per heavy atom. The Bertz CT molecular complexity index is 800. The van der Waals surface area contributed by atoms with Crippen LogP contribution in [0.3, 0.4) is 0 Å². The molecule has 134 valence electrons. The molecule has 0 aliphatic carbocycles. The maximum Gasteiger partial charge on any atom is 0.497 e. The second-order valence-electron chi connectivity index (χ2n) is 8.54. The molecule has 3 rings (SSSR count). The third kappa shape index (κ3) is 3.21. The van der Waals surface area contributed by atoms with E-state index < -0.39 is 30.0 Å². The predicted octanol–water partition coefficient (Wildman–Crippen LogP) is 3.72. The predicted molar refractivity (Wildman–Crippen MR) is 99.3 cm³/mol. The summed E-state index contributed by atoms with van der Waals surface area (Å²) in [4.78, 5) is 12.6. The van der Waals surface area contributed by atoms with E-state index >= 15 is 0 Å². The smallest absolute Gasteiger partial charge is 0.443 e. The van der Waals surface area contributed by atoms with Gasteiger partial charge in [0, 0.05) is 11.7 Å². The van der Waals surface area contributed by atoms with Crippen LogP contribution in [-0.4, -0.2) is 34.6 Å². The zero-order valence-electron chi connectivity index (χ0n) is 16.0. The van der Waals surface area contributed by atoms with Crippen LogP contribution in [0.25, 0.3) is 10.9 Å². The molecule has 1 aliphatic rings. The molecule has 0 N–H and O–H groups in total. The first-order chi connectivity index (χ1) is 11.4. The van der Waals surface area contributed by atoms with Gasteiger partial charge in [0.2, 0.25) is 0 Å². The molecule has 0 bridgehead atoms. The van der Waals surface area contributed by atoms with Gasteiger partial charge in [0.1, 0.15) is 5.60 Å². The molecule has 0 unspecified atom stereocenters. The van der Waals surface area contributed by atoms with Gasteiger partial charge in [-0.25, -0.2) is 4.79 Å². The first-order valence-corrected chi connectivity index (χ1v) is 8.60. The van der Waals surface area contributed by atoms with Gasteiger partial charge in [0.05, 0.1) is 16.7 Å². The fourth-order valence-corrected chi connectivity index (χ4v) is 2.85. The van der Waals surface area contributed by atoms with E-state index in [-0.39, 0.29) is 0 Å². The number of nitrogens with zero attached hydrogens (tertiary/aromatic N) is 1. The molecule has 2 heterocycles. The molecule has 1 aliphatic heterocycles. The van der Waals surface area contributed by atoms with Gasteiger partial charge in [-0.1, -0.05) is 18.2 Å². The van der Waals surface area contributed by atoms with E-state index in [9.17, 15) is 4.79 Å². The standard InChI is InChI=1S/C19H26BNO4/c1-17(2,3)23-16(22)21-12-11-13-9-8-10-14(15(13)21)20-24-18(4,5)19(6,7)25-20/h8-12H,1-7H3. The Morgan fingerprint density at radius 2 is 1.68 bits per heavy atom. The van der Waals surface area contributed by atoms with Gasteiger partial charge in [-0.2, -0.15) is 0 Å². The van der Waals surface area contributed by atoms with Gasteiger partial charge in [-0.3, -0.25) is 4.57 Å². The van der Waals surface area contributed by atoms with E-state index in [1.807, 2.05) is 72.7 Å². The molecule has 0 atom stereocenters. The van der Waals surface area contributed by atoms with Crippen molar-refractivity contribution in [3.8, 4) is 0 Å². The maximum absolute atomic E-state index is 12.6. The summed E-state index contributed by atoms with van der Waals surface area (Å²) in [6.07, 6.45) is 1.32. The van der Waals surface area contributed by atoms with Gasteiger partial charge in [-0.15, -0.1) is 0 Å². The van der Waals surface area contributed by atoms with Crippen molar-refractivity contribution >= 4 is 29.6 Å². The van der Waals surface area contributed by atoms with Crippen LogP contribution in [0.15, 0.2) is 30.5 Å². The van der Waals surface area contributed by atoms with E-state index in [1.165, 1.54) is 4.57 Å². The fourth-order valence-electron chi connectivity index (χ4n) is 2.85. The third-order valence-corrected chi connectivity index (χ3v) is 4.84. The molecule has 5 nitrogen and oxygen atoms in total. The SMILES string of the molecule is CC(C)(C)OC(=O)n1ccc2cccc(B3OC(C)(C)C(C)(C)O3)c21. The highest BCUT2D eigenvalue weighted by Crippen LogP contribution is 2.37. The summed E-state index contributed by atoms with van der Waals surface area (Å²) in [5.74, 6) is 0. The zero-order valence-corrected chi connectivity index (χ0v) is 16.0. The quantitative estimate of drug-likeness (QED) is 0.741. The summed E-state index contributed by atoms with van der Waals surface area (Å²) in [5, 5.41) is 0.943. The van der Waals surface area contributed by atoms with Crippen molar-refractivity contribution < 1.29 is 18.8 Å². The lowest BCUT2D eigenvalue weighted by atomic mass is 9.78. The van der Waals surface area contributed by atoms with Gasteiger partial charge in [0.15, 0.2) is 0 Å². The van der Waals surface area contributed by atoms with Crippen LogP contribution in [0.2, 0.25) is 0 Å². The number of para-hydroxylation sites is 1. The Labute approximate surface area is 149 Å². The molecule has 1 fully saturated rings. The average molecular weight is 343 g/mol. The highest BCUT2D eigenvalue weighted by Gasteiger charge is 2.52. The number of hydrogen-bond acceptors (Lipinski definition) is 4. The fraction of sp³-hybridized carbons (Fsp3) is 0.526. The largest absolute Gasteiger partial charge is 0.497 e. The molecule has 6 heteroatoms. The number of aromatic nitrogens is 1. The minimum atomic E-state index is -0.563. The van der Waals surface area contributed by atoms with Crippen LogP contribution in [0, 0.1) is 0 Å². The molecule has 0 spiro atoms. The summed E-state index contributed by atoms with van der Waals surface area (Å²) in [5.41, 5.74) is 0.140. The number of fused-ring (bicyclic) bond motifs is 1. The van der Waals surface area contributed by atoms with Crippen LogP contribution in [0.5, 0.6) is 0 Å². The Kier molecular flexibility index (Phi) is 4.04. The van der Waals surface area contributed by atoms with E-state index in [4.69, 9.17) is 14.0 Å². The summed E-state index contributed by atoms with van der Waals surface area (Å²) in [7, 11) is -0.537. The number of benzene rings is 1. The molecule has 0 radical (unpaired) electrons. The molecule has 2 aromatic rings. The Balaban J connectivity index is 2.06. The van der Waals surface area contributed by atoms with E-state index in [1.54, 1.807) is 6.20 Å². The van der Waals surface area contributed by atoms with Crippen LogP contribution in [0.1, 0.15) is 48.5 Å². The van der Waals surface area contributed by atoms with Crippen molar-refractivity contribution in [2.75, 3.05) is 0 Å². The van der Waals surface area contributed by atoms with Crippen molar-refractivity contribution in [3.05, 3.63) is 30.5 Å². The van der Waals surface area contributed by atoms with E-state index in [2.05, 4.69) is 0 Å². The molecule has 0 saturated carbocycles. The molecule has 0 amide bonds. The lowest BCUT2D eigenvalue weighted by Crippen LogP contribution is -2.41. The lowest BCUT2D eigenvalue weighted by molar-refractivity contribution is 0.00578. The van der Waals surface area contributed by atoms with Gasteiger partial charge in [0.25, 0.3) is 0 Å². The van der Waals surface area contributed by atoms with Crippen molar-refractivity contribution in [2.24, 2.45) is 0 Å². The third-order valence-electron chi connectivity index (χ3n) is 4.84. The second kappa shape index (κ2) is 5.61. The molecular formula is C19H26BNO4. The number of hydrogen-bond donors (Lipinski definition) is 0. The monoisotopic (exact) mass is 343 g/mol. The van der Waals surface area contributed by atoms with Crippen molar-refractivity contribution in [1.29, 1.82) is 0 Å². The minimum Gasteiger partial charge on any atom is -0.443 e. The number of carbonyl (C=O) groups excluding carboxylic acids is 1. The summed E-state index contributed by atoms with van der Waals surface area (Å²) in [6, 6.07) is 7.74. The Hall–Kier alpha value is -1.79. The highest BCUT2D eigenvalue weighted by molar-refractivity contribution is 6.65. The molecule has 25 heavy (non-hydrogen) atoms. The van der Waals surface area contributed by atoms with Crippen LogP contribution in [-0.2, 0) is 14.0 Å². The second-order valence-corrected chi connectivity index (χ2v) is 8.54. The van der Waals surface area contributed by atoms with Gasteiger partial charge < -0.3 is 14.0 Å². The number of rotatable bonds is 1. The van der Waals surface area contributed by atoms with Crippen LogP contribution in [0.4, 0.5) is 4.79 Å². The topological polar surface area (TPSA) is 49.7 Å². The number of ether oxygens (including phenoxy) is 1. The maximum atomic E-state index is 12.6. The molecule has 1 aromatic carbocycles. The highest BCUT2D eigenvalue weighted by atomic mass is 16.7. The normalized spacial score (nSPS) is 19.4. The minimum absolute atomic E-state index is 0.411. The van der Waals surface area contributed by atoms with Crippen molar-refractivity contribution in [2.45, 2.75) is 65.3 Å². The average Bonchev–Trinajstić information content (AvgIpc) is 2.95. The summed E-state index contributed by atoms with van der Waals surface area (Å²) < 4.78 is 19.4. The first-order valence-electron chi connectivity index (χ1n) is 8.60. The number of carbonyl (C=O) groups is 1. The summed E-state index contributed by atoms with van der Waals surface area (Å²) >= 11 is 0. The van der Waals surface area contributed by atoms with Gasteiger partial charge in [-0.05, 0) is 59.9 Å². The van der Waals surface area contributed by atoms with Crippen LogP contribution < -0.4 is 5.46 Å². The van der Waals surface area contributed by atoms with Crippen molar-refractivity contribution in [1.82, 2.24) is 4.57 Å². The first kappa shape index (κ1) is 18.0. The lowest BCUT2D eigenvalue weighted by Gasteiger charge is -2.32. The zero-order chi connectivity index (χ0) is 18.6. The van der Waals surface area contributed by atoms with Crippen molar-refractivity contribution in [3.63, 3.8) is 0 Å². The molecular weight excluding hydrogens is 317 g/mol. The van der Waals surface area contributed by atoms with E-state index in [0.29, 0.717) is 0 Å². The van der Waals surface area contributed by atoms with Gasteiger partial charge >= 0.3 is 13.2 Å². The summed E-state index contributed by atoms with van der Waals surface area (Å²) in [6.45, 7) is 13.6. The molecule has 1 aromatic heterocycles. The Morgan fingerprint density at radius 3 is 2.24 bits per heavy atom. The van der Waals surface area contributed by atoms with E-state index in [0.717, 1.165) is 16.4 Å².